The first kappa shape index (κ1) is 21.5. The molecule has 1 aliphatic rings. The smallest absolute Gasteiger partial charge is 0.323 e. The van der Waals surface area contributed by atoms with Crippen LogP contribution in [0.2, 0.25) is 0 Å². The minimum Gasteiger partial charge on any atom is -0.439 e. The van der Waals surface area contributed by atoms with Gasteiger partial charge in [-0.3, -0.25) is 10.3 Å². The number of piperidine rings is 1. The number of pyridine rings is 1. The molecule has 3 heterocycles. The van der Waals surface area contributed by atoms with Gasteiger partial charge in [0.2, 0.25) is 5.88 Å². The minimum atomic E-state index is -0.143. The number of anilines is 1. The standard InChI is InChI=1S/C25H27N5O2/c1-17-7-8-24(28-13-17)32-22-6-4-5-20(12-22)11-21-9-10-30(16-18(21)2)25(31)29-23-15-26-19(3)14-27-23/h4-8,11-15,18H,9-10,16H2,1-3H3,(H,27,29,31)/b21-11+. The summed E-state index contributed by atoms with van der Waals surface area (Å²) in [6, 6.07) is 11.7. The number of urea groups is 1. The Labute approximate surface area is 188 Å². The Kier molecular flexibility index (Phi) is 6.44. The summed E-state index contributed by atoms with van der Waals surface area (Å²) in [5.41, 5.74) is 4.30. The van der Waals surface area contributed by atoms with Gasteiger partial charge in [0.1, 0.15) is 5.75 Å². The van der Waals surface area contributed by atoms with Crippen LogP contribution in [0.5, 0.6) is 11.6 Å². The Bertz CT molecular complexity index is 1110. The van der Waals surface area contributed by atoms with E-state index in [0.717, 1.165) is 29.0 Å². The van der Waals surface area contributed by atoms with E-state index in [2.05, 4.69) is 39.3 Å². The number of carbonyl (C=O) groups is 1. The highest BCUT2D eigenvalue weighted by Crippen LogP contribution is 2.27. The molecule has 3 aromatic rings. The molecule has 1 N–H and O–H groups in total. The fourth-order valence-corrected chi connectivity index (χ4v) is 3.61. The molecular weight excluding hydrogens is 402 g/mol. The van der Waals surface area contributed by atoms with Gasteiger partial charge in [-0.15, -0.1) is 0 Å². The maximum Gasteiger partial charge on any atom is 0.323 e. The third-order valence-electron chi connectivity index (χ3n) is 5.42. The molecule has 1 unspecified atom stereocenters. The molecule has 7 heteroatoms. The molecule has 0 aliphatic carbocycles. The van der Waals surface area contributed by atoms with Crippen molar-refractivity contribution in [3.8, 4) is 11.6 Å². The number of carbonyl (C=O) groups excluding carboxylic acids is 1. The number of aromatic nitrogens is 3. The van der Waals surface area contributed by atoms with Crippen LogP contribution in [0.25, 0.3) is 6.08 Å². The van der Waals surface area contributed by atoms with Gasteiger partial charge in [-0.2, -0.15) is 0 Å². The molecule has 1 saturated heterocycles. The largest absolute Gasteiger partial charge is 0.439 e. The van der Waals surface area contributed by atoms with Crippen molar-refractivity contribution >= 4 is 17.9 Å². The van der Waals surface area contributed by atoms with Gasteiger partial charge in [-0.25, -0.2) is 14.8 Å². The number of hydrogen-bond donors (Lipinski definition) is 1. The highest BCUT2D eigenvalue weighted by molar-refractivity contribution is 5.88. The van der Waals surface area contributed by atoms with Gasteiger partial charge in [-0.1, -0.05) is 36.8 Å². The normalized spacial score (nSPS) is 17.3. The molecular formula is C25H27N5O2. The second kappa shape index (κ2) is 9.60. The first-order valence-electron chi connectivity index (χ1n) is 10.7. The molecule has 0 spiro atoms. The van der Waals surface area contributed by atoms with E-state index in [1.54, 1.807) is 18.6 Å². The zero-order valence-electron chi connectivity index (χ0n) is 18.6. The van der Waals surface area contributed by atoms with Gasteiger partial charge in [0.15, 0.2) is 5.82 Å². The van der Waals surface area contributed by atoms with Crippen LogP contribution >= 0.6 is 0 Å². The lowest BCUT2D eigenvalue weighted by Crippen LogP contribution is -2.42. The fraction of sp³-hybridized carbons (Fsp3) is 0.280. The molecule has 7 nitrogen and oxygen atoms in total. The van der Waals surface area contributed by atoms with E-state index < -0.39 is 0 Å². The van der Waals surface area contributed by atoms with Crippen LogP contribution in [0.4, 0.5) is 10.6 Å². The molecule has 1 fully saturated rings. The molecule has 2 aromatic heterocycles. The highest BCUT2D eigenvalue weighted by atomic mass is 16.5. The van der Waals surface area contributed by atoms with Crippen molar-refractivity contribution in [3.05, 3.63) is 77.4 Å². The summed E-state index contributed by atoms with van der Waals surface area (Å²) in [5.74, 6) is 2.04. The molecule has 2 amide bonds. The summed E-state index contributed by atoms with van der Waals surface area (Å²) in [6.45, 7) is 7.31. The number of hydrogen-bond acceptors (Lipinski definition) is 5. The van der Waals surface area contributed by atoms with Gasteiger partial charge in [0, 0.05) is 25.4 Å². The average molecular weight is 430 g/mol. The van der Waals surface area contributed by atoms with E-state index in [4.69, 9.17) is 4.74 Å². The number of benzene rings is 1. The quantitative estimate of drug-likeness (QED) is 0.614. The molecule has 164 valence electrons. The first-order chi connectivity index (χ1) is 15.5. The molecule has 1 aromatic carbocycles. The van der Waals surface area contributed by atoms with Crippen LogP contribution < -0.4 is 10.1 Å². The summed E-state index contributed by atoms with van der Waals surface area (Å²) in [4.78, 5) is 27.1. The summed E-state index contributed by atoms with van der Waals surface area (Å²) >= 11 is 0. The fourth-order valence-electron chi connectivity index (χ4n) is 3.61. The Morgan fingerprint density at radius 1 is 1.12 bits per heavy atom. The number of ether oxygens (including phenoxy) is 1. The van der Waals surface area contributed by atoms with Crippen molar-refractivity contribution < 1.29 is 9.53 Å². The molecule has 1 aliphatic heterocycles. The minimum absolute atomic E-state index is 0.143. The van der Waals surface area contributed by atoms with Crippen LogP contribution in [-0.2, 0) is 0 Å². The second-order valence-electron chi connectivity index (χ2n) is 8.14. The van der Waals surface area contributed by atoms with Crippen molar-refractivity contribution in [1.29, 1.82) is 0 Å². The first-order valence-corrected chi connectivity index (χ1v) is 10.7. The van der Waals surface area contributed by atoms with E-state index in [1.165, 1.54) is 5.57 Å². The maximum atomic E-state index is 12.6. The van der Waals surface area contributed by atoms with Crippen LogP contribution in [0, 0.1) is 19.8 Å². The van der Waals surface area contributed by atoms with Gasteiger partial charge in [-0.05, 0) is 49.4 Å². The SMILES string of the molecule is Cc1ccc(Oc2cccc(/C=C3\CCN(C(=O)Nc4cnc(C)cn4)CC3C)c2)nc1. The zero-order chi connectivity index (χ0) is 22.5. The van der Waals surface area contributed by atoms with Crippen LogP contribution in [0.15, 0.2) is 60.6 Å². The zero-order valence-corrected chi connectivity index (χ0v) is 18.6. The predicted octanol–water partition coefficient (Wildman–Crippen LogP) is 5.24. The summed E-state index contributed by atoms with van der Waals surface area (Å²) in [6.07, 6.45) is 8.02. The molecule has 32 heavy (non-hydrogen) atoms. The van der Waals surface area contributed by atoms with E-state index in [0.29, 0.717) is 24.8 Å². The van der Waals surface area contributed by atoms with Crippen LogP contribution in [0.1, 0.15) is 30.2 Å². The lowest BCUT2D eigenvalue weighted by atomic mass is 9.91. The van der Waals surface area contributed by atoms with Crippen LogP contribution in [0.3, 0.4) is 0 Å². The lowest BCUT2D eigenvalue weighted by Gasteiger charge is -2.33. The Balaban J connectivity index is 1.38. The Morgan fingerprint density at radius 3 is 2.72 bits per heavy atom. The monoisotopic (exact) mass is 429 g/mol. The van der Waals surface area contributed by atoms with Crippen molar-refractivity contribution in [2.24, 2.45) is 5.92 Å². The third-order valence-corrected chi connectivity index (χ3v) is 5.42. The summed E-state index contributed by atoms with van der Waals surface area (Å²) in [7, 11) is 0. The van der Waals surface area contributed by atoms with Gasteiger partial charge >= 0.3 is 6.03 Å². The van der Waals surface area contributed by atoms with E-state index in [1.807, 2.05) is 49.1 Å². The summed E-state index contributed by atoms with van der Waals surface area (Å²) < 4.78 is 5.89. The summed E-state index contributed by atoms with van der Waals surface area (Å²) in [5, 5.41) is 2.83. The van der Waals surface area contributed by atoms with E-state index in [9.17, 15) is 4.79 Å². The molecule has 0 saturated carbocycles. The van der Waals surface area contributed by atoms with Crippen molar-refractivity contribution in [3.63, 3.8) is 0 Å². The average Bonchev–Trinajstić information content (AvgIpc) is 2.78. The lowest BCUT2D eigenvalue weighted by molar-refractivity contribution is 0.197. The van der Waals surface area contributed by atoms with Gasteiger partial charge in [0.25, 0.3) is 0 Å². The number of likely N-dealkylation sites (tertiary alicyclic amines) is 1. The van der Waals surface area contributed by atoms with Crippen LogP contribution in [-0.4, -0.2) is 39.0 Å². The van der Waals surface area contributed by atoms with E-state index in [-0.39, 0.29) is 11.9 Å². The molecule has 0 bridgehead atoms. The Morgan fingerprint density at radius 2 is 2.00 bits per heavy atom. The Hall–Kier alpha value is -3.74. The van der Waals surface area contributed by atoms with E-state index >= 15 is 0 Å². The molecule has 0 radical (unpaired) electrons. The van der Waals surface area contributed by atoms with Crippen molar-refractivity contribution in [1.82, 2.24) is 19.9 Å². The van der Waals surface area contributed by atoms with Crippen molar-refractivity contribution in [2.45, 2.75) is 27.2 Å². The van der Waals surface area contributed by atoms with Gasteiger partial charge < -0.3 is 9.64 Å². The molecule has 4 rings (SSSR count). The number of nitrogens with one attached hydrogen (secondary N) is 1. The number of rotatable bonds is 4. The molecule has 1 atom stereocenters. The number of aryl methyl sites for hydroxylation is 2. The highest BCUT2D eigenvalue weighted by Gasteiger charge is 2.24. The second-order valence-corrected chi connectivity index (χ2v) is 8.14. The topological polar surface area (TPSA) is 80.2 Å². The van der Waals surface area contributed by atoms with Crippen molar-refractivity contribution in [2.75, 3.05) is 18.4 Å². The predicted molar refractivity (Wildman–Crippen MR) is 125 cm³/mol. The van der Waals surface area contributed by atoms with Gasteiger partial charge in [0.05, 0.1) is 18.1 Å². The maximum absolute atomic E-state index is 12.6. The third kappa shape index (κ3) is 5.49. The number of nitrogens with zero attached hydrogens (tertiary/aromatic N) is 4. The number of amides is 2.